The molecular weight excluding hydrogens is 392 g/mol. The van der Waals surface area contributed by atoms with E-state index in [1.165, 1.54) is 18.7 Å². The summed E-state index contributed by atoms with van der Waals surface area (Å²) in [4.78, 5) is 29.0. The average molecular weight is 425 g/mol. The van der Waals surface area contributed by atoms with Crippen LogP contribution in [-0.4, -0.2) is 48.4 Å². The molecule has 2 atom stereocenters. The highest BCUT2D eigenvalue weighted by Gasteiger charge is 2.37. The van der Waals surface area contributed by atoms with Crippen LogP contribution < -0.4 is 5.56 Å². The molecular formula is C25H32N2O4. The molecule has 6 nitrogen and oxygen atoms in total. The van der Waals surface area contributed by atoms with Crippen LogP contribution in [0.15, 0.2) is 53.3 Å². The first-order chi connectivity index (χ1) is 15.2. The van der Waals surface area contributed by atoms with Crippen molar-refractivity contribution in [1.29, 1.82) is 0 Å². The number of aromatic nitrogens is 1. The normalized spacial score (nSPS) is 26.4. The summed E-state index contributed by atoms with van der Waals surface area (Å²) in [5.74, 6) is 0.631. The minimum atomic E-state index is -0.329. The summed E-state index contributed by atoms with van der Waals surface area (Å²) in [5.41, 5.74) is 2.16. The van der Waals surface area contributed by atoms with Gasteiger partial charge in [-0.2, -0.15) is 0 Å². The molecule has 1 amide bonds. The van der Waals surface area contributed by atoms with Crippen LogP contribution in [0, 0.1) is 0 Å². The van der Waals surface area contributed by atoms with E-state index in [4.69, 9.17) is 9.47 Å². The Morgan fingerprint density at radius 2 is 1.81 bits per heavy atom. The number of carbonyl (C=O) groups is 1. The van der Waals surface area contributed by atoms with Gasteiger partial charge >= 0.3 is 6.09 Å². The molecule has 4 rings (SSSR count). The van der Waals surface area contributed by atoms with Gasteiger partial charge in [-0.05, 0) is 56.1 Å². The first-order valence-electron chi connectivity index (χ1n) is 11.4. The first-order valence-corrected chi connectivity index (χ1v) is 11.4. The van der Waals surface area contributed by atoms with Gasteiger partial charge in [-0.1, -0.05) is 36.4 Å². The minimum Gasteiger partial charge on any atom is -0.453 e. The van der Waals surface area contributed by atoms with Gasteiger partial charge in [0, 0.05) is 24.2 Å². The Labute approximate surface area is 183 Å². The standard InChI is InChI=1S/C25H32N2O4/c1-30-25(29)27-16-6-9-21(22-10-5-11-24(28)26-22)23(27)17-31-20-14-12-19(13-15-20)18-7-3-2-4-8-18/h2-5,7-8,10-11,19-21,23H,6,9,12-17H2,1H3,(H,26,28). The maximum Gasteiger partial charge on any atom is 0.409 e. The van der Waals surface area contributed by atoms with Crippen LogP contribution in [-0.2, 0) is 9.47 Å². The van der Waals surface area contributed by atoms with Gasteiger partial charge in [0.05, 0.1) is 25.9 Å². The molecule has 2 aliphatic rings. The van der Waals surface area contributed by atoms with Gasteiger partial charge in [0.25, 0.3) is 0 Å². The number of pyridine rings is 1. The predicted molar refractivity (Wildman–Crippen MR) is 119 cm³/mol. The van der Waals surface area contributed by atoms with Gasteiger partial charge < -0.3 is 19.4 Å². The summed E-state index contributed by atoms with van der Waals surface area (Å²) in [6.45, 7) is 1.10. The molecule has 1 aromatic heterocycles. The lowest BCUT2D eigenvalue weighted by Crippen LogP contribution is -2.50. The van der Waals surface area contributed by atoms with Crippen LogP contribution in [0.2, 0.25) is 0 Å². The number of piperidine rings is 1. The Morgan fingerprint density at radius 3 is 2.52 bits per heavy atom. The van der Waals surface area contributed by atoms with E-state index in [9.17, 15) is 9.59 Å². The second-order valence-electron chi connectivity index (χ2n) is 8.67. The van der Waals surface area contributed by atoms with E-state index in [-0.39, 0.29) is 29.7 Å². The number of hydrogen-bond acceptors (Lipinski definition) is 4. The van der Waals surface area contributed by atoms with Gasteiger partial charge in [-0.3, -0.25) is 4.79 Å². The van der Waals surface area contributed by atoms with Gasteiger partial charge in [-0.15, -0.1) is 0 Å². The molecule has 2 heterocycles. The smallest absolute Gasteiger partial charge is 0.409 e. The Kier molecular flexibility index (Phi) is 7.07. The number of H-pyrrole nitrogens is 1. The monoisotopic (exact) mass is 424 g/mol. The molecule has 1 aliphatic carbocycles. The number of ether oxygens (including phenoxy) is 2. The number of nitrogens with one attached hydrogen (secondary N) is 1. The lowest BCUT2D eigenvalue weighted by molar-refractivity contribution is -0.0242. The van der Waals surface area contributed by atoms with Gasteiger partial charge in [0.2, 0.25) is 5.56 Å². The van der Waals surface area contributed by atoms with E-state index in [0.29, 0.717) is 19.1 Å². The van der Waals surface area contributed by atoms with E-state index in [1.54, 1.807) is 11.0 Å². The number of amides is 1. The van der Waals surface area contributed by atoms with E-state index >= 15 is 0 Å². The van der Waals surface area contributed by atoms with Crippen LogP contribution in [0.3, 0.4) is 0 Å². The highest BCUT2D eigenvalue weighted by atomic mass is 16.5. The molecule has 1 aromatic carbocycles. The molecule has 1 N–H and O–H groups in total. The predicted octanol–water partition coefficient (Wildman–Crippen LogP) is 4.43. The molecule has 166 valence electrons. The maximum absolute atomic E-state index is 12.4. The highest BCUT2D eigenvalue weighted by Crippen LogP contribution is 2.36. The molecule has 6 heteroatoms. The van der Waals surface area contributed by atoms with Crippen molar-refractivity contribution in [3.8, 4) is 0 Å². The van der Waals surface area contributed by atoms with Crippen molar-refractivity contribution in [2.75, 3.05) is 20.3 Å². The fourth-order valence-corrected chi connectivity index (χ4v) is 5.17. The van der Waals surface area contributed by atoms with Gasteiger partial charge in [0.1, 0.15) is 0 Å². The van der Waals surface area contributed by atoms with E-state index < -0.39 is 0 Å². The molecule has 0 spiro atoms. The number of aromatic amines is 1. The van der Waals surface area contributed by atoms with Crippen LogP contribution in [0.4, 0.5) is 4.79 Å². The SMILES string of the molecule is COC(=O)N1CCCC(c2cccc(=O)[nH]2)C1COC1CCC(c2ccccc2)CC1. The molecule has 0 bridgehead atoms. The third-order valence-corrected chi connectivity index (χ3v) is 6.83. The number of methoxy groups -OCH3 is 1. The third kappa shape index (κ3) is 5.18. The highest BCUT2D eigenvalue weighted by molar-refractivity contribution is 5.68. The zero-order chi connectivity index (χ0) is 21.6. The quantitative estimate of drug-likeness (QED) is 0.771. The molecule has 1 aliphatic heterocycles. The van der Waals surface area contributed by atoms with Crippen molar-refractivity contribution >= 4 is 6.09 Å². The Balaban J connectivity index is 1.42. The molecule has 1 saturated heterocycles. The maximum atomic E-state index is 12.4. The zero-order valence-electron chi connectivity index (χ0n) is 18.2. The second kappa shape index (κ2) is 10.1. The average Bonchev–Trinajstić information content (AvgIpc) is 2.83. The Bertz CT molecular complexity index is 905. The molecule has 0 radical (unpaired) electrons. The summed E-state index contributed by atoms with van der Waals surface area (Å²) >= 11 is 0. The summed E-state index contributed by atoms with van der Waals surface area (Å²) in [7, 11) is 1.42. The van der Waals surface area contributed by atoms with Gasteiger partial charge in [-0.25, -0.2) is 4.79 Å². The number of hydrogen-bond donors (Lipinski definition) is 1. The zero-order valence-corrected chi connectivity index (χ0v) is 18.2. The molecule has 2 fully saturated rings. The molecule has 2 unspecified atom stereocenters. The lowest BCUT2D eigenvalue weighted by atomic mass is 9.82. The largest absolute Gasteiger partial charge is 0.453 e. The fourth-order valence-electron chi connectivity index (χ4n) is 5.17. The number of likely N-dealkylation sites (tertiary alicyclic amines) is 1. The van der Waals surface area contributed by atoms with Crippen LogP contribution in [0.1, 0.15) is 61.6 Å². The number of benzene rings is 1. The van der Waals surface area contributed by atoms with Crippen LogP contribution in [0.25, 0.3) is 0 Å². The summed E-state index contributed by atoms with van der Waals surface area (Å²) < 4.78 is 11.4. The van der Waals surface area contributed by atoms with E-state index in [1.807, 2.05) is 6.07 Å². The molecule has 1 saturated carbocycles. The van der Waals surface area contributed by atoms with Crippen molar-refractivity contribution in [1.82, 2.24) is 9.88 Å². The lowest BCUT2D eigenvalue weighted by Gasteiger charge is -2.41. The topological polar surface area (TPSA) is 71.6 Å². The fraction of sp³-hybridized carbons (Fsp3) is 0.520. The second-order valence-corrected chi connectivity index (χ2v) is 8.67. The summed E-state index contributed by atoms with van der Waals surface area (Å²) in [6, 6.07) is 15.8. The van der Waals surface area contributed by atoms with Crippen molar-refractivity contribution in [2.45, 2.75) is 62.5 Å². The van der Waals surface area contributed by atoms with Crippen molar-refractivity contribution in [3.63, 3.8) is 0 Å². The van der Waals surface area contributed by atoms with E-state index in [2.05, 4.69) is 35.3 Å². The van der Waals surface area contributed by atoms with Crippen molar-refractivity contribution in [2.24, 2.45) is 0 Å². The first kappa shape index (κ1) is 21.6. The Morgan fingerprint density at radius 1 is 1.03 bits per heavy atom. The van der Waals surface area contributed by atoms with Gasteiger partial charge in [0.15, 0.2) is 0 Å². The van der Waals surface area contributed by atoms with Crippen molar-refractivity contribution in [3.05, 3.63) is 70.1 Å². The van der Waals surface area contributed by atoms with Crippen LogP contribution in [0.5, 0.6) is 0 Å². The van der Waals surface area contributed by atoms with Crippen LogP contribution >= 0.6 is 0 Å². The van der Waals surface area contributed by atoms with E-state index in [0.717, 1.165) is 44.2 Å². The molecule has 2 aromatic rings. The Hall–Kier alpha value is -2.60. The van der Waals surface area contributed by atoms with Crippen molar-refractivity contribution < 1.29 is 14.3 Å². The summed E-state index contributed by atoms with van der Waals surface area (Å²) in [5, 5.41) is 0. The summed E-state index contributed by atoms with van der Waals surface area (Å²) in [6.07, 6.45) is 5.94. The minimum absolute atomic E-state index is 0.0300. The third-order valence-electron chi connectivity index (χ3n) is 6.83. The molecule has 31 heavy (non-hydrogen) atoms. The number of carbonyl (C=O) groups excluding carboxylic acids is 1. The number of rotatable bonds is 5. The number of nitrogens with zero attached hydrogens (tertiary/aromatic N) is 1.